The van der Waals surface area contributed by atoms with E-state index in [4.69, 9.17) is 4.74 Å². The highest BCUT2D eigenvalue weighted by Crippen LogP contribution is 2.23. The number of halogens is 1. The van der Waals surface area contributed by atoms with Gasteiger partial charge in [0, 0.05) is 6.54 Å². The van der Waals surface area contributed by atoms with E-state index in [9.17, 15) is 9.18 Å². The van der Waals surface area contributed by atoms with Gasteiger partial charge in [0.1, 0.15) is 11.6 Å². The zero-order chi connectivity index (χ0) is 16.8. The van der Waals surface area contributed by atoms with E-state index >= 15 is 0 Å². The zero-order valence-electron chi connectivity index (χ0n) is 13.7. The average Bonchev–Trinajstić information content (AvgIpc) is 2.52. The van der Waals surface area contributed by atoms with Crippen LogP contribution in [0.2, 0.25) is 0 Å². The molecule has 23 heavy (non-hydrogen) atoms. The molecule has 2 rings (SSSR count). The fourth-order valence-corrected chi connectivity index (χ4v) is 2.39. The smallest absolute Gasteiger partial charge is 0.258 e. The van der Waals surface area contributed by atoms with E-state index in [0.29, 0.717) is 18.2 Å². The third-order valence-electron chi connectivity index (χ3n) is 3.64. The standard InChI is InChI=1S/C19H22FNO2/c1-13(2)18-9-8-17(10-14(18)3)23-12-19(22)21-11-15-4-6-16(20)7-5-15/h4-10,13H,11-12H2,1-3H3,(H,21,22). The first kappa shape index (κ1) is 17.0. The van der Waals surface area contributed by atoms with Crippen molar-refractivity contribution < 1.29 is 13.9 Å². The lowest BCUT2D eigenvalue weighted by Gasteiger charge is -2.12. The Morgan fingerprint density at radius 2 is 1.87 bits per heavy atom. The van der Waals surface area contributed by atoms with Gasteiger partial charge in [0.05, 0.1) is 0 Å². The monoisotopic (exact) mass is 315 g/mol. The summed E-state index contributed by atoms with van der Waals surface area (Å²) in [7, 11) is 0. The second-order valence-electron chi connectivity index (χ2n) is 5.86. The summed E-state index contributed by atoms with van der Waals surface area (Å²) >= 11 is 0. The van der Waals surface area contributed by atoms with Crippen LogP contribution in [0.3, 0.4) is 0 Å². The Morgan fingerprint density at radius 3 is 2.48 bits per heavy atom. The summed E-state index contributed by atoms with van der Waals surface area (Å²) in [5, 5.41) is 2.75. The maximum absolute atomic E-state index is 12.8. The molecule has 0 saturated heterocycles. The molecule has 0 bridgehead atoms. The summed E-state index contributed by atoms with van der Waals surface area (Å²) in [5.41, 5.74) is 3.28. The molecular formula is C19H22FNO2. The van der Waals surface area contributed by atoms with Gasteiger partial charge < -0.3 is 10.1 Å². The van der Waals surface area contributed by atoms with Gasteiger partial charge in [-0.15, -0.1) is 0 Å². The molecule has 0 aliphatic rings. The minimum atomic E-state index is -0.288. The highest BCUT2D eigenvalue weighted by Gasteiger charge is 2.07. The molecule has 0 radical (unpaired) electrons. The van der Waals surface area contributed by atoms with Crippen LogP contribution >= 0.6 is 0 Å². The SMILES string of the molecule is Cc1cc(OCC(=O)NCc2ccc(F)cc2)ccc1C(C)C. The Morgan fingerprint density at radius 1 is 1.17 bits per heavy atom. The van der Waals surface area contributed by atoms with Gasteiger partial charge in [-0.1, -0.05) is 32.0 Å². The molecule has 1 N–H and O–H groups in total. The summed E-state index contributed by atoms with van der Waals surface area (Å²) in [6, 6.07) is 11.9. The number of hydrogen-bond donors (Lipinski definition) is 1. The molecule has 4 heteroatoms. The van der Waals surface area contributed by atoms with Crippen molar-refractivity contribution in [1.29, 1.82) is 0 Å². The molecular weight excluding hydrogens is 293 g/mol. The maximum Gasteiger partial charge on any atom is 0.258 e. The van der Waals surface area contributed by atoms with Crippen molar-refractivity contribution in [2.45, 2.75) is 33.2 Å². The van der Waals surface area contributed by atoms with Crippen molar-refractivity contribution in [1.82, 2.24) is 5.32 Å². The van der Waals surface area contributed by atoms with E-state index in [0.717, 1.165) is 11.1 Å². The maximum atomic E-state index is 12.8. The lowest BCUT2D eigenvalue weighted by Crippen LogP contribution is -2.28. The van der Waals surface area contributed by atoms with E-state index in [-0.39, 0.29) is 18.3 Å². The Kier molecular flexibility index (Phi) is 5.74. The average molecular weight is 315 g/mol. The first-order valence-corrected chi connectivity index (χ1v) is 7.70. The van der Waals surface area contributed by atoms with Crippen LogP contribution in [0.1, 0.15) is 36.5 Å². The number of hydrogen-bond acceptors (Lipinski definition) is 2. The Balaban J connectivity index is 1.82. The van der Waals surface area contributed by atoms with Crippen molar-refractivity contribution in [2.75, 3.05) is 6.61 Å². The molecule has 1 amide bonds. The van der Waals surface area contributed by atoms with Crippen LogP contribution in [-0.4, -0.2) is 12.5 Å². The number of carbonyl (C=O) groups excluding carboxylic acids is 1. The van der Waals surface area contributed by atoms with E-state index in [2.05, 4.69) is 19.2 Å². The molecule has 0 fully saturated rings. The largest absolute Gasteiger partial charge is 0.484 e. The highest BCUT2D eigenvalue weighted by atomic mass is 19.1. The second-order valence-corrected chi connectivity index (χ2v) is 5.86. The van der Waals surface area contributed by atoms with Gasteiger partial charge in [0.25, 0.3) is 5.91 Å². The van der Waals surface area contributed by atoms with Gasteiger partial charge >= 0.3 is 0 Å². The predicted octanol–water partition coefficient (Wildman–Crippen LogP) is 3.95. The van der Waals surface area contributed by atoms with E-state index in [1.807, 2.05) is 25.1 Å². The van der Waals surface area contributed by atoms with E-state index in [1.165, 1.54) is 17.7 Å². The summed E-state index contributed by atoms with van der Waals surface area (Å²) in [6.07, 6.45) is 0. The fourth-order valence-electron chi connectivity index (χ4n) is 2.39. The lowest BCUT2D eigenvalue weighted by molar-refractivity contribution is -0.123. The van der Waals surface area contributed by atoms with Gasteiger partial charge in [-0.05, 0) is 53.8 Å². The molecule has 0 aliphatic carbocycles. The highest BCUT2D eigenvalue weighted by molar-refractivity contribution is 5.77. The van der Waals surface area contributed by atoms with Crippen LogP contribution in [-0.2, 0) is 11.3 Å². The quantitative estimate of drug-likeness (QED) is 0.876. The van der Waals surface area contributed by atoms with Crippen LogP contribution in [0.15, 0.2) is 42.5 Å². The number of benzene rings is 2. The third kappa shape index (κ3) is 5.09. The lowest BCUT2D eigenvalue weighted by atomic mass is 9.98. The molecule has 0 spiro atoms. The topological polar surface area (TPSA) is 38.3 Å². The Bertz CT molecular complexity index is 666. The van der Waals surface area contributed by atoms with Crippen LogP contribution in [0.25, 0.3) is 0 Å². The van der Waals surface area contributed by atoms with Gasteiger partial charge in [-0.3, -0.25) is 4.79 Å². The van der Waals surface area contributed by atoms with Crippen molar-refractivity contribution in [3.05, 3.63) is 65.0 Å². The van der Waals surface area contributed by atoms with Crippen LogP contribution in [0.4, 0.5) is 4.39 Å². The van der Waals surface area contributed by atoms with Crippen molar-refractivity contribution in [3.8, 4) is 5.75 Å². The van der Waals surface area contributed by atoms with Gasteiger partial charge in [-0.25, -0.2) is 4.39 Å². The van der Waals surface area contributed by atoms with Gasteiger partial charge in [0.15, 0.2) is 6.61 Å². The molecule has 122 valence electrons. The second kappa shape index (κ2) is 7.77. The Hall–Kier alpha value is -2.36. The van der Waals surface area contributed by atoms with Crippen molar-refractivity contribution >= 4 is 5.91 Å². The molecule has 0 atom stereocenters. The van der Waals surface area contributed by atoms with Gasteiger partial charge in [0.2, 0.25) is 0 Å². The number of rotatable bonds is 6. The molecule has 3 nitrogen and oxygen atoms in total. The molecule has 0 saturated carbocycles. The summed E-state index contributed by atoms with van der Waals surface area (Å²) in [6.45, 7) is 6.64. The first-order chi connectivity index (χ1) is 11.0. The zero-order valence-corrected chi connectivity index (χ0v) is 13.7. The molecule has 0 aromatic heterocycles. The minimum Gasteiger partial charge on any atom is -0.484 e. The Labute approximate surface area is 136 Å². The number of nitrogens with one attached hydrogen (secondary N) is 1. The van der Waals surface area contributed by atoms with Crippen molar-refractivity contribution in [3.63, 3.8) is 0 Å². The number of amides is 1. The van der Waals surface area contributed by atoms with Crippen LogP contribution < -0.4 is 10.1 Å². The summed E-state index contributed by atoms with van der Waals surface area (Å²) in [4.78, 5) is 11.8. The van der Waals surface area contributed by atoms with Crippen molar-refractivity contribution in [2.24, 2.45) is 0 Å². The fraction of sp³-hybridized carbons (Fsp3) is 0.316. The van der Waals surface area contributed by atoms with E-state index in [1.54, 1.807) is 12.1 Å². The number of carbonyl (C=O) groups is 1. The summed E-state index contributed by atoms with van der Waals surface area (Å²) < 4.78 is 18.3. The summed E-state index contributed by atoms with van der Waals surface area (Å²) in [5.74, 6) is 0.649. The van der Waals surface area contributed by atoms with E-state index < -0.39 is 0 Å². The molecule has 2 aromatic carbocycles. The van der Waals surface area contributed by atoms with Crippen LogP contribution in [0, 0.1) is 12.7 Å². The molecule has 0 unspecified atom stereocenters. The molecule has 2 aromatic rings. The number of aryl methyl sites for hydroxylation is 1. The predicted molar refractivity (Wildman–Crippen MR) is 89.0 cm³/mol. The molecule has 0 heterocycles. The first-order valence-electron chi connectivity index (χ1n) is 7.70. The normalized spacial score (nSPS) is 10.7. The van der Waals surface area contributed by atoms with Gasteiger partial charge in [-0.2, -0.15) is 0 Å². The minimum absolute atomic E-state index is 0.0400. The van der Waals surface area contributed by atoms with Crippen LogP contribution in [0.5, 0.6) is 5.75 Å². The number of ether oxygens (including phenoxy) is 1. The molecule has 0 aliphatic heterocycles. The third-order valence-corrected chi connectivity index (χ3v) is 3.64.